The van der Waals surface area contributed by atoms with E-state index in [1.54, 1.807) is 30.5 Å². The van der Waals surface area contributed by atoms with Gasteiger partial charge in [-0.15, -0.1) is 11.3 Å². The molecule has 5 fully saturated rings. The van der Waals surface area contributed by atoms with Crippen molar-refractivity contribution in [2.24, 2.45) is 5.92 Å². The predicted molar refractivity (Wildman–Crippen MR) is 172 cm³/mol. The van der Waals surface area contributed by atoms with E-state index in [4.69, 9.17) is 9.97 Å². The van der Waals surface area contributed by atoms with E-state index in [-0.39, 0.29) is 40.1 Å². The smallest absolute Gasteiger partial charge is 0.265 e. The first-order valence-electron chi connectivity index (χ1n) is 15.4. The van der Waals surface area contributed by atoms with Gasteiger partial charge in [-0.3, -0.25) is 4.72 Å². The molecule has 1 aliphatic heterocycles. The molecular weight excluding hydrogens is 653 g/mol. The van der Waals surface area contributed by atoms with Crippen LogP contribution in [0.1, 0.15) is 61.4 Å². The molecule has 0 spiro atoms. The number of halogens is 2. The van der Waals surface area contributed by atoms with Crippen molar-refractivity contribution in [3.05, 3.63) is 70.9 Å². The third kappa shape index (κ3) is 5.27. The SMILES string of the molecule is O=S1(=O)CCC(Nc2nccc(-c3sc(C45CC(C4)C5)nc3-c3cccc(NS(=O)(=O)c4c(F)cccc4C4CC4)c3F)n2)CC1. The molecule has 4 aliphatic carbocycles. The van der Waals surface area contributed by atoms with Gasteiger partial charge >= 0.3 is 0 Å². The van der Waals surface area contributed by atoms with E-state index in [0.717, 1.165) is 43.2 Å². The summed E-state index contributed by atoms with van der Waals surface area (Å²) < 4.78 is 84.4. The van der Waals surface area contributed by atoms with E-state index in [2.05, 4.69) is 15.0 Å². The Bertz CT molecular complexity index is 2070. The number of rotatable bonds is 9. The van der Waals surface area contributed by atoms with Gasteiger partial charge in [-0.05, 0) is 86.6 Å². The minimum absolute atomic E-state index is 0.0241. The number of sulfone groups is 1. The maximum absolute atomic E-state index is 16.4. The van der Waals surface area contributed by atoms with Gasteiger partial charge in [-0.2, -0.15) is 0 Å². The Labute approximate surface area is 269 Å². The Kier molecular flexibility index (Phi) is 7.00. The Morgan fingerprint density at radius 1 is 0.935 bits per heavy atom. The number of hydrogen-bond donors (Lipinski definition) is 2. The summed E-state index contributed by atoms with van der Waals surface area (Å²) in [6, 6.07) is 10.3. The average molecular weight is 684 g/mol. The zero-order valence-corrected chi connectivity index (χ0v) is 27.1. The average Bonchev–Trinajstić information content (AvgIpc) is 3.73. The lowest BCUT2D eigenvalue weighted by Crippen LogP contribution is -2.55. The lowest BCUT2D eigenvalue weighted by atomic mass is 9.45. The molecule has 1 saturated heterocycles. The van der Waals surface area contributed by atoms with Crippen LogP contribution in [0, 0.1) is 17.6 Å². The maximum atomic E-state index is 16.4. The summed E-state index contributed by atoms with van der Waals surface area (Å²) in [6.45, 7) is 0. The fraction of sp³-hybridized carbons (Fsp3) is 0.406. The summed E-state index contributed by atoms with van der Waals surface area (Å²) in [5, 5.41) is 4.15. The summed E-state index contributed by atoms with van der Waals surface area (Å²) in [7, 11) is -7.47. The molecule has 0 atom stereocenters. The minimum atomic E-state index is -4.45. The van der Waals surface area contributed by atoms with Gasteiger partial charge in [0.25, 0.3) is 10.0 Å². The molecule has 9 nitrogen and oxygen atoms in total. The zero-order chi connectivity index (χ0) is 31.8. The molecule has 9 rings (SSSR count). The van der Waals surface area contributed by atoms with Gasteiger partial charge in [0.2, 0.25) is 5.95 Å². The molecular formula is C32H31F2N5O4S3. The van der Waals surface area contributed by atoms with Crippen molar-refractivity contribution in [2.45, 2.75) is 67.2 Å². The third-order valence-corrected chi connectivity index (χ3v) is 14.2. The lowest BCUT2D eigenvalue weighted by molar-refractivity contribution is -0.0274. The molecule has 0 radical (unpaired) electrons. The Hall–Kier alpha value is -3.49. The minimum Gasteiger partial charge on any atom is -0.351 e. The Balaban J connectivity index is 1.15. The molecule has 4 saturated carbocycles. The summed E-state index contributed by atoms with van der Waals surface area (Å²) in [6.07, 6.45) is 7.17. The van der Waals surface area contributed by atoms with Crippen molar-refractivity contribution in [3.63, 3.8) is 0 Å². The van der Waals surface area contributed by atoms with Crippen LogP contribution < -0.4 is 10.0 Å². The summed E-state index contributed by atoms with van der Waals surface area (Å²) in [5.74, 6) is -0.486. The number of hydrogen-bond acceptors (Lipinski definition) is 9. The van der Waals surface area contributed by atoms with Crippen LogP contribution >= 0.6 is 11.3 Å². The number of aromatic nitrogens is 3. The highest BCUT2D eigenvalue weighted by atomic mass is 32.2. The predicted octanol–water partition coefficient (Wildman–Crippen LogP) is 6.26. The molecule has 46 heavy (non-hydrogen) atoms. The molecule has 0 unspecified atom stereocenters. The molecule has 240 valence electrons. The Morgan fingerprint density at radius 2 is 1.67 bits per heavy atom. The van der Waals surface area contributed by atoms with Crippen molar-refractivity contribution in [1.29, 1.82) is 0 Å². The van der Waals surface area contributed by atoms with Crippen molar-refractivity contribution in [1.82, 2.24) is 15.0 Å². The molecule has 5 aliphatic rings. The topological polar surface area (TPSA) is 131 Å². The first kappa shape index (κ1) is 29.9. The molecule has 2 bridgehead atoms. The van der Waals surface area contributed by atoms with Crippen LogP contribution in [0.4, 0.5) is 20.4 Å². The van der Waals surface area contributed by atoms with Gasteiger partial charge in [0.1, 0.15) is 25.6 Å². The number of benzene rings is 2. The normalized spacial score (nSPS) is 23.7. The highest BCUT2D eigenvalue weighted by molar-refractivity contribution is 7.92. The number of sulfonamides is 1. The van der Waals surface area contributed by atoms with Crippen molar-refractivity contribution in [2.75, 3.05) is 21.5 Å². The quantitative estimate of drug-likeness (QED) is 0.211. The van der Waals surface area contributed by atoms with Gasteiger partial charge in [-0.25, -0.2) is 40.6 Å². The van der Waals surface area contributed by atoms with Crippen LogP contribution in [-0.4, -0.2) is 49.3 Å². The second-order valence-electron chi connectivity index (χ2n) is 13.0. The summed E-state index contributed by atoms with van der Waals surface area (Å²) in [4.78, 5) is 14.2. The monoisotopic (exact) mass is 683 g/mol. The van der Waals surface area contributed by atoms with Crippen molar-refractivity contribution >= 4 is 42.8 Å². The first-order valence-corrected chi connectivity index (χ1v) is 19.5. The van der Waals surface area contributed by atoms with Gasteiger partial charge in [0.05, 0.1) is 33.5 Å². The molecule has 4 aromatic rings. The fourth-order valence-corrected chi connectivity index (χ4v) is 11.1. The van der Waals surface area contributed by atoms with Crippen LogP contribution in [0.5, 0.6) is 0 Å². The lowest BCUT2D eigenvalue weighted by Gasteiger charge is -2.60. The maximum Gasteiger partial charge on any atom is 0.265 e. The van der Waals surface area contributed by atoms with Crippen molar-refractivity contribution in [3.8, 4) is 21.8 Å². The van der Waals surface area contributed by atoms with Crippen molar-refractivity contribution < 1.29 is 25.6 Å². The first-order chi connectivity index (χ1) is 22.0. The van der Waals surface area contributed by atoms with Gasteiger partial charge < -0.3 is 5.32 Å². The summed E-state index contributed by atoms with van der Waals surface area (Å²) in [5.41, 5.74) is 1.05. The molecule has 2 aromatic carbocycles. The van der Waals surface area contributed by atoms with E-state index in [1.807, 2.05) is 0 Å². The second-order valence-corrected chi connectivity index (χ2v) is 17.9. The van der Waals surface area contributed by atoms with Crippen LogP contribution in [0.2, 0.25) is 0 Å². The second kappa shape index (κ2) is 10.8. The van der Waals surface area contributed by atoms with E-state index in [1.165, 1.54) is 23.5 Å². The molecule has 2 aromatic heterocycles. The van der Waals surface area contributed by atoms with E-state index < -0.39 is 36.4 Å². The number of thiazole rings is 1. The van der Waals surface area contributed by atoms with Crippen LogP contribution in [0.3, 0.4) is 0 Å². The largest absolute Gasteiger partial charge is 0.351 e. The Morgan fingerprint density at radius 3 is 2.37 bits per heavy atom. The van der Waals surface area contributed by atoms with Gasteiger partial charge in [0, 0.05) is 23.2 Å². The van der Waals surface area contributed by atoms with E-state index >= 15 is 4.39 Å². The van der Waals surface area contributed by atoms with Crippen LogP contribution in [-0.2, 0) is 25.3 Å². The molecule has 0 amide bonds. The number of nitrogens with zero attached hydrogens (tertiary/aromatic N) is 3. The standard InChI is InChI=1S/C32H31F2N5O4S3/c33-23-5-1-3-21(19-7-8-19)29(23)46(42,43)39-24-6-2-4-22(26(24)34)27-28(44-30(38-27)32-15-18(16-32)17-32)25-9-12-35-31(37-25)36-20-10-13-45(40,41)14-11-20/h1-6,9,12,18-20,39H,7-8,10-11,13-17H2,(H,35,36,37). The highest BCUT2D eigenvalue weighted by Crippen LogP contribution is 2.66. The number of nitrogens with one attached hydrogen (secondary N) is 2. The fourth-order valence-electron chi connectivity index (χ4n) is 6.93. The molecule has 3 heterocycles. The van der Waals surface area contributed by atoms with E-state index in [0.29, 0.717) is 46.5 Å². The van der Waals surface area contributed by atoms with Gasteiger partial charge in [-0.1, -0.05) is 18.2 Å². The third-order valence-electron chi connectivity index (χ3n) is 9.68. The van der Waals surface area contributed by atoms with Crippen LogP contribution in [0.15, 0.2) is 53.6 Å². The molecule has 2 N–H and O–H groups in total. The highest BCUT2D eigenvalue weighted by Gasteiger charge is 2.59. The number of anilines is 2. The van der Waals surface area contributed by atoms with Crippen LogP contribution in [0.25, 0.3) is 21.8 Å². The van der Waals surface area contributed by atoms with Gasteiger partial charge in [0.15, 0.2) is 5.82 Å². The summed E-state index contributed by atoms with van der Waals surface area (Å²) >= 11 is 1.46. The van der Waals surface area contributed by atoms with E-state index in [9.17, 15) is 21.2 Å². The molecule has 14 heteroatoms. The zero-order valence-electron chi connectivity index (χ0n) is 24.7.